The summed E-state index contributed by atoms with van der Waals surface area (Å²) in [5.41, 5.74) is 2.32. The van der Waals surface area contributed by atoms with Gasteiger partial charge in [-0.15, -0.1) is 11.3 Å². The first-order chi connectivity index (χ1) is 13.6. The molecule has 152 valence electrons. The van der Waals surface area contributed by atoms with E-state index in [2.05, 4.69) is 52.7 Å². The molecule has 3 rings (SSSR count). The van der Waals surface area contributed by atoms with Gasteiger partial charge in [0.05, 0.1) is 18.2 Å². The first-order valence-corrected chi connectivity index (χ1v) is 10.6. The quantitative estimate of drug-likeness (QED) is 0.525. The van der Waals surface area contributed by atoms with Crippen molar-refractivity contribution < 1.29 is 9.47 Å². The van der Waals surface area contributed by atoms with Crippen LogP contribution in [0.3, 0.4) is 0 Å². The number of hydrogen-bond acceptors (Lipinski definition) is 5. The van der Waals surface area contributed by atoms with Crippen molar-refractivity contribution in [3.63, 3.8) is 0 Å². The van der Waals surface area contributed by atoms with Crippen molar-refractivity contribution in [3.05, 3.63) is 45.4 Å². The normalized spacial score (nSPS) is 17.0. The molecule has 0 saturated carbocycles. The van der Waals surface area contributed by atoms with Gasteiger partial charge in [-0.3, -0.25) is 4.99 Å². The molecule has 0 amide bonds. The molecule has 1 atom stereocenters. The molecular formula is C21H30N4O2S. The van der Waals surface area contributed by atoms with E-state index in [1.807, 2.05) is 6.20 Å². The molecule has 1 aliphatic rings. The molecule has 2 N–H and O–H groups in total. The van der Waals surface area contributed by atoms with E-state index in [1.54, 1.807) is 18.4 Å². The zero-order valence-electron chi connectivity index (χ0n) is 17.0. The maximum atomic E-state index is 6.12. The molecule has 7 heteroatoms. The van der Waals surface area contributed by atoms with E-state index in [0.29, 0.717) is 19.1 Å². The summed E-state index contributed by atoms with van der Waals surface area (Å²) < 4.78 is 11.6. The SMILES string of the molecule is CN=C(NCCc1ncc(C)s1)NCc1ccc(C)cc1OCC1CCOC1. The van der Waals surface area contributed by atoms with E-state index in [0.717, 1.165) is 54.9 Å². The first kappa shape index (κ1) is 20.6. The van der Waals surface area contributed by atoms with Crippen LogP contribution in [-0.2, 0) is 17.7 Å². The van der Waals surface area contributed by atoms with Crippen molar-refractivity contribution >= 4 is 17.3 Å². The van der Waals surface area contributed by atoms with E-state index >= 15 is 0 Å². The van der Waals surface area contributed by atoms with Crippen molar-refractivity contribution in [1.29, 1.82) is 0 Å². The Bertz CT molecular complexity index is 784. The van der Waals surface area contributed by atoms with Gasteiger partial charge in [0.2, 0.25) is 0 Å². The summed E-state index contributed by atoms with van der Waals surface area (Å²) in [6.07, 6.45) is 3.89. The predicted molar refractivity (Wildman–Crippen MR) is 114 cm³/mol. The molecule has 1 aromatic carbocycles. The minimum atomic E-state index is 0.491. The molecule has 0 spiro atoms. The van der Waals surface area contributed by atoms with Crippen LogP contribution in [0.5, 0.6) is 5.75 Å². The predicted octanol–water partition coefficient (Wildman–Crippen LogP) is 3.08. The van der Waals surface area contributed by atoms with Crippen LogP contribution < -0.4 is 15.4 Å². The highest BCUT2D eigenvalue weighted by Crippen LogP contribution is 2.22. The summed E-state index contributed by atoms with van der Waals surface area (Å²) in [6, 6.07) is 6.34. The molecule has 1 fully saturated rings. The second kappa shape index (κ2) is 10.4. The number of nitrogens with one attached hydrogen (secondary N) is 2. The van der Waals surface area contributed by atoms with Crippen LogP contribution >= 0.6 is 11.3 Å². The van der Waals surface area contributed by atoms with E-state index in [4.69, 9.17) is 9.47 Å². The van der Waals surface area contributed by atoms with Gasteiger partial charge in [-0.2, -0.15) is 0 Å². The number of aryl methyl sites for hydroxylation is 2. The maximum absolute atomic E-state index is 6.12. The Hall–Kier alpha value is -2.12. The number of ether oxygens (including phenoxy) is 2. The molecule has 0 bridgehead atoms. The fourth-order valence-corrected chi connectivity index (χ4v) is 3.86. The monoisotopic (exact) mass is 402 g/mol. The average Bonchev–Trinajstić information content (AvgIpc) is 3.35. The van der Waals surface area contributed by atoms with Gasteiger partial charge < -0.3 is 20.1 Å². The zero-order chi connectivity index (χ0) is 19.8. The molecule has 28 heavy (non-hydrogen) atoms. The van der Waals surface area contributed by atoms with Gasteiger partial charge in [0.1, 0.15) is 5.75 Å². The van der Waals surface area contributed by atoms with E-state index in [9.17, 15) is 0 Å². The Balaban J connectivity index is 1.50. The van der Waals surface area contributed by atoms with Crippen LogP contribution in [0.4, 0.5) is 0 Å². The number of hydrogen-bond donors (Lipinski definition) is 2. The first-order valence-electron chi connectivity index (χ1n) is 9.80. The number of aromatic nitrogens is 1. The summed E-state index contributed by atoms with van der Waals surface area (Å²) in [5.74, 6) is 2.21. The number of aliphatic imine (C=N–C) groups is 1. The summed E-state index contributed by atoms with van der Waals surface area (Å²) in [7, 11) is 1.79. The lowest BCUT2D eigenvalue weighted by atomic mass is 10.1. The maximum Gasteiger partial charge on any atom is 0.191 e. The highest BCUT2D eigenvalue weighted by atomic mass is 32.1. The topological polar surface area (TPSA) is 67.8 Å². The molecule has 2 aromatic rings. The zero-order valence-corrected chi connectivity index (χ0v) is 17.8. The summed E-state index contributed by atoms with van der Waals surface area (Å²) in [4.78, 5) is 9.96. The third-order valence-electron chi connectivity index (χ3n) is 4.69. The van der Waals surface area contributed by atoms with Crippen LogP contribution in [0.15, 0.2) is 29.4 Å². The Labute approximate surface area is 171 Å². The van der Waals surface area contributed by atoms with Crippen molar-refractivity contribution in [1.82, 2.24) is 15.6 Å². The Morgan fingerprint density at radius 3 is 2.96 bits per heavy atom. The van der Waals surface area contributed by atoms with E-state index in [-0.39, 0.29) is 0 Å². The number of nitrogens with zero attached hydrogens (tertiary/aromatic N) is 2. The minimum Gasteiger partial charge on any atom is -0.493 e. The van der Waals surface area contributed by atoms with Crippen molar-refractivity contribution in [2.75, 3.05) is 33.4 Å². The van der Waals surface area contributed by atoms with Crippen molar-refractivity contribution in [2.24, 2.45) is 10.9 Å². The highest BCUT2D eigenvalue weighted by Gasteiger charge is 2.17. The summed E-state index contributed by atoms with van der Waals surface area (Å²) in [6.45, 7) is 7.97. The van der Waals surface area contributed by atoms with Gasteiger partial charge >= 0.3 is 0 Å². The van der Waals surface area contributed by atoms with E-state index in [1.165, 1.54) is 10.4 Å². The summed E-state index contributed by atoms with van der Waals surface area (Å²) in [5, 5.41) is 7.88. The van der Waals surface area contributed by atoms with Crippen LogP contribution in [0.1, 0.15) is 27.4 Å². The number of guanidine groups is 1. The number of thiazole rings is 1. The lowest BCUT2D eigenvalue weighted by Gasteiger charge is -2.17. The molecule has 1 saturated heterocycles. The van der Waals surface area contributed by atoms with Crippen LogP contribution in [0, 0.1) is 19.8 Å². The summed E-state index contributed by atoms with van der Waals surface area (Å²) >= 11 is 1.74. The molecule has 1 aliphatic heterocycles. The molecule has 1 unspecified atom stereocenters. The lowest BCUT2D eigenvalue weighted by Crippen LogP contribution is -2.38. The van der Waals surface area contributed by atoms with E-state index < -0.39 is 0 Å². The molecule has 1 aromatic heterocycles. The Morgan fingerprint density at radius 2 is 2.25 bits per heavy atom. The fraction of sp³-hybridized carbons (Fsp3) is 0.524. The third kappa shape index (κ3) is 6.21. The van der Waals surface area contributed by atoms with Gasteiger partial charge in [0.15, 0.2) is 5.96 Å². The molecule has 6 nitrogen and oxygen atoms in total. The van der Waals surface area contributed by atoms with Gasteiger partial charge in [0.25, 0.3) is 0 Å². The van der Waals surface area contributed by atoms with Gasteiger partial charge in [-0.1, -0.05) is 12.1 Å². The molecule has 0 radical (unpaired) electrons. The third-order valence-corrected chi connectivity index (χ3v) is 5.66. The van der Waals surface area contributed by atoms with Crippen LogP contribution in [-0.4, -0.2) is 44.4 Å². The second-order valence-electron chi connectivity index (χ2n) is 7.12. The number of benzene rings is 1. The Morgan fingerprint density at radius 1 is 1.36 bits per heavy atom. The largest absolute Gasteiger partial charge is 0.493 e. The Kier molecular flexibility index (Phi) is 7.68. The minimum absolute atomic E-state index is 0.491. The van der Waals surface area contributed by atoms with Gasteiger partial charge in [0, 0.05) is 55.7 Å². The van der Waals surface area contributed by atoms with Crippen molar-refractivity contribution in [3.8, 4) is 5.75 Å². The second-order valence-corrected chi connectivity index (χ2v) is 8.44. The standard InChI is InChI=1S/C21H30N4O2S/c1-15-4-5-18(19(10-15)27-14-17-7-9-26-13-17)12-25-21(22-3)23-8-6-20-24-11-16(2)28-20/h4-5,10-11,17H,6-9,12-14H2,1-3H3,(H2,22,23,25). The fourth-order valence-electron chi connectivity index (χ4n) is 3.07. The van der Waals surface area contributed by atoms with Gasteiger partial charge in [-0.25, -0.2) is 4.98 Å². The number of rotatable bonds is 8. The highest BCUT2D eigenvalue weighted by molar-refractivity contribution is 7.11. The lowest BCUT2D eigenvalue weighted by molar-refractivity contribution is 0.166. The molecule has 0 aliphatic carbocycles. The smallest absolute Gasteiger partial charge is 0.191 e. The van der Waals surface area contributed by atoms with Crippen LogP contribution in [0.25, 0.3) is 0 Å². The molecule has 2 heterocycles. The van der Waals surface area contributed by atoms with Crippen LogP contribution in [0.2, 0.25) is 0 Å². The van der Waals surface area contributed by atoms with Gasteiger partial charge in [-0.05, 0) is 31.9 Å². The van der Waals surface area contributed by atoms with Crippen molar-refractivity contribution in [2.45, 2.75) is 33.2 Å². The average molecular weight is 403 g/mol. The molecular weight excluding hydrogens is 372 g/mol.